The molecule has 0 bridgehead atoms. The van der Waals surface area contributed by atoms with E-state index in [4.69, 9.17) is 5.73 Å². The summed E-state index contributed by atoms with van der Waals surface area (Å²) in [6, 6.07) is 19.6. The van der Waals surface area contributed by atoms with Crippen LogP contribution >= 0.6 is 11.8 Å². The van der Waals surface area contributed by atoms with E-state index in [0.29, 0.717) is 11.1 Å². The number of nitrogens with zero attached hydrogens (tertiary/aromatic N) is 2. The van der Waals surface area contributed by atoms with Gasteiger partial charge in [0.15, 0.2) is 5.16 Å². The minimum Gasteiger partial charge on any atom is -0.368 e. The number of hydrogen-bond donors (Lipinski definition) is 1. The highest BCUT2D eigenvalue weighted by molar-refractivity contribution is 8.00. The predicted molar refractivity (Wildman–Crippen MR) is 117 cm³/mol. The Morgan fingerprint density at radius 2 is 1.56 bits per heavy atom. The van der Waals surface area contributed by atoms with Gasteiger partial charge in [-0.05, 0) is 29.8 Å². The van der Waals surface area contributed by atoms with Crippen molar-refractivity contribution in [1.29, 1.82) is 0 Å². The summed E-state index contributed by atoms with van der Waals surface area (Å²) in [6.45, 7) is 0. The van der Waals surface area contributed by atoms with Gasteiger partial charge in [0, 0.05) is 0 Å². The molecule has 5 nitrogen and oxygen atoms in total. The molecule has 1 amide bonds. The molecule has 3 aromatic carbocycles. The monoisotopic (exact) mass is 455 g/mol. The first kappa shape index (κ1) is 21.6. The second-order valence-electron chi connectivity index (χ2n) is 6.88. The van der Waals surface area contributed by atoms with Gasteiger partial charge in [-0.15, -0.1) is 0 Å². The number of thioether (sulfide) groups is 1. The Hall–Kier alpha value is -3.59. The maximum absolute atomic E-state index is 13.8. The van der Waals surface area contributed by atoms with Gasteiger partial charge >= 0.3 is 6.18 Å². The summed E-state index contributed by atoms with van der Waals surface area (Å²) in [7, 11) is 0. The van der Waals surface area contributed by atoms with Crippen LogP contribution in [0.3, 0.4) is 0 Å². The lowest BCUT2D eigenvalue weighted by atomic mass is 10.1. The van der Waals surface area contributed by atoms with E-state index < -0.39 is 28.5 Å². The molecule has 0 aliphatic rings. The van der Waals surface area contributed by atoms with Crippen LogP contribution in [0.15, 0.2) is 88.8 Å². The number of benzene rings is 3. The third kappa shape index (κ3) is 4.11. The molecule has 2 N–H and O–H groups in total. The molecule has 0 aliphatic heterocycles. The molecule has 0 saturated carbocycles. The molecular formula is C23H16F3N3O2S. The summed E-state index contributed by atoms with van der Waals surface area (Å²) in [6.07, 6.45) is -4.70. The Bertz CT molecular complexity index is 1350. The number of nitrogens with two attached hydrogens (primary N) is 1. The summed E-state index contributed by atoms with van der Waals surface area (Å²) in [4.78, 5) is 30.0. The van der Waals surface area contributed by atoms with Gasteiger partial charge in [0.2, 0.25) is 5.91 Å². The fourth-order valence-electron chi connectivity index (χ4n) is 3.34. The largest absolute Gasteiger partial charge is 0.418 e. The number of aromatic nitrogens is 2. The number of hydrogen-bond acceptors (Lipinski definition) is 4. The summed E-state index contributed by atoms with van der Waals surface area (Å²) in [5, 5.41) is -0.879. The van der Waals surface area contributed by atoms with E-state index in [-0.39, 0.29) is 16.2 Å². The molecule has 0 spiro atoms. The number of fused-ring (bicyclic) bond motifs is 1. The van der Waals surface area contributed by atoms with E-state index in [1.54, 1.807) is 48.5 Å². The second kappa shape index (κ2) is 8.51. The van der Waals surface area contributed by atoms with Crippen LogP contribution in [0.5, 0.6) is 0 Å². The zero-order chi connectivity index (χ0) is 22.9. The van der Waals surface area contributed by atoms with Crippen LogP contribution < -0.4 is 11.3 Å². The van der Waals surface area contributed by atoms with Crippen LogP contribution in [-0.2, 0) is 11.0 Å². The van der Waals surface area contributed by atoms with Crippen molar-refractivity contribution < 1.29 is 18.0 Å². The lowest BCUT2D eigenvalue weighted by molar-refractivity contribution is -0.137. The first-order valence-electron chi connectivity index (χ1n) is 9.46. The highest BCUT2D eigenvalue weighted by Crippen LogP contribution is 2.38. The SMILES string of the molecule is NC(=O)C(Sc1nc2ccccc2c(=O)n1-c1ccccc1C(F)(F)F)c1ccccc1. The number of para-hydroxylation sites is 2. The Morgan fingerprint density at radius 1 is 0.938 bits per heavy atom. The number of carbonyl (C=O) groups is 1. The summed E-state index contributed by atoms with van der Waals surface area (Å²) in [5.74, 6) is -0.709. The molecule has 1 atom stereocenters. The number of halogens is 3. The molecule has 1 unspecified atom stereocenters. The fraction of sp³-hybridized carbons (Fsp3) is 0.0870. The van der Waals surface area contributed by atoms with E-state index in [1.165, 1.54) is 24.3 Å². The van der Waals surface area contributed by atoms with Gasteiger partial charge in [0.1, 0.15) is 5.25 Å². The molecule has 4 rings (SSSR count). The third-order valence-corrected chi connectivity index (χ3v) is 6.00. The van der Waals surface area contributed by atoms with Crippen LogP contribution in [0.25, 0.3) is 16.6 Å². The van der Waals surface area contributed by atoms with Crippen LogP contribution in [0.1, 0.15) is 16.4 Å². The number of amides is 1. The van der Waals surface area contributed by atoms with Gasteiger partial charge < -0.3 is 5.73 Å². The highest BCUT2D eigenvalue weighted by Gasteiger charge is 2.35. The van der Waals surface area contributed by atoms with Crippen LogP contribution in [0.4, 0.5) is 13.2 Å². The first-order chi connectivity index (χ1) is 15.3. The average Bonchev–Trinajstić information content (AvgIpc) is 2.77. The molecule has 162 valence electrons. The number of primary amides is 1. The highest BCUT2D eigenvalue weighted by atomic mass is 32.2. The minimum atomic E-state index is -4.70. The molecule has 4 aromatic rings. The van der Waals surface area contributed by atoms with Gasteiger partial charge in [-0.25, -0.2) is 4.98 Å². The zero-order valence-electron chi connectivity index (χ0n) is 16.4. The average molecular weight is 455 g/mol. The van der Waals surface area contributed by atoms with Gasteiger partial charge in [-0.3, -0.25) is 14.2 Å². The smallest absolute Gasteiger partial charge is 0.368 e. The van der Waals surface area contributed by atoms with Crippen molar-refractivity contribution in [2.24, 2.45) is 5.73 Å². The lowest BCUT2D eigenvalue weighted by Gasteiger charge is -2.20. The lowest BCUT2D eigenvalue weighted by Crippen LogP contribution is -2.26. The predicted octanol–water partition coefficient (Wildman–Crippen LogP) is 4.72. The number of carbonyl (C=O) groups excluding carboxylic acids is 1. The van der Waals surface area contributed by atoms with Gasteiger partial charge in [0.05, 0.1) is 22.2 Å². The van der Waals surface area contributed by atoms with E-state index in [0.717, 1.165) is 22.4 Å². The van der Waals surface area contributed by atoms with E-state index in [2.05, 4.69) is 4.98 Å². The fourth-order valence-corrected chi connectivity index (χ4v) is 4.39. The molecule has 9 heteroatoms. The summed E-state index contributed by atoms with van der Waals surface area (Å²) >= 11 is 0.830. The standard InChI is InChI=1S/C23H16F3N3O2S/c24-23(25,26)16-11-5-7-13-18(16)29-21(31)15-10-4-6-12-17(15)28-22(29)32-19(20(27)30)14-8-2-1-3-9-14/h1-13,19H,(H2,27,30). The zero-order valence-corrected chi connectivity index (χ0v) is 17.2. The topological polar surface area (TPSA) is 78.0 Å². The van der Waals surface area contributed by atoms with Crippen LogP contribution in [0, 0.1) is 0 Å². The molecule has 0 aliphatic carbocycles. The molecule has 1 aromatic heterocycles. The van der Waals surface area contributed by atoms with Gasteiger partial charge in [-0.1, -0.05) is 66.4 Å². The van der Waals surface area contributed by atoms with Crippen molar-refractivity contribution in [2.75, 3.05) is 0 Å². The maximum Gasteiger partial charge on any atom is 0.418 e. The van der Waals surface area contributed by atoms with Crippen LogP contribution in [0.2, 0.25) is 0 Å². The van der Waals surface area contributed by atoms with Gasteiger partial charge in [0.25, 0.3) is 5.56 Å². The van der Waals surface area contributed by atoms with Crippen molar-refractivity contribution >= 4 is 28.6 Å². The van der Waals surface area contributed by atoms with Crippen molar-refractivity contribution in [3.05, 3.63) is 100 Å². The molecular weight excluding hydrogens is 439 g/mol. The van der Waals surface area contributed by atoms with Crippen LogP contribution in [-0.4, -0.2) is 15.5 Å². The van der Waals surface area contributed by atoms with Gasteiger partial charge in [-0.2, -0.15) is 13.2 Å². The van der Waals surface area contributed by atoms with E-state index in [9.17, 15) is 22.8 Å². The quantitative estimate of drug-likeness (QED) is 0.349. The Labute approximate surface area is 184 Å². The Balaban J connectivity index is 2.00. The first-order valence-corrected chi connectivity index (χ1v) is 10.3. The van der Waals surface area contributed by atoms with Crippen molar-refractivity contribution in [1.82, 2.24) is 9.55 Å². The van der Waals surface area contributed by atoms with Crippen molar-refractivity contribution in [2.45, 2.75) is 16.6 Å². The molecule has 1 heterocycles. The molecule has 0 saturated heterocycles. The summed E-state index contributed by atoms with van der Waals surface area (Å²) < 4.78 is 42.1. The normalized spacial score (nSPS) is 12.6. The minimum absolute atomic E-state index is 0.0712. The van der Waals surface area contributed by atoms with E-state index >= 15 is 0 Å². The number of alkyl halides is 3. The van der Waals surface area contributed by atoms with Crippen molar-refractivity contribution in [3.8, 4) is 5.69 Å². The number of rotatable bonds is 5. The second-order valence-corrected chi connectivity index (χ2v) is 7.95. The molecule has 0 fully saturated rings. The Morgan fingerprint density at radius 3 is 2.25 bits per heavy atom. The Kier molecular flexibility index (Phi) is 5.75. The molecule has 0 radical (unpaired) electrons. The van der Waals surface area contributed by atoms with E-state index in [1.807, 2.05) is 0 Å². The molecule has 32 heavy (non-hydrogen) atoms. The maximum atomic E-state index is 13.8. The van der Waals surface area contributed by atoms with Crippen molar-refractivity contribution in [3.63, 3.8) is 0 Å². The summed E-state index contributed by atoms with van der Waals surface area (Å²) in [5.41, 5.74) is 4.41. The third-order valence-electron chi connectivity index (χ3n) is 4.78.